The SMILES string of the molecule is O=C(O)C1CCC1c1ccc(-c2ccc(Cl)cc2)cc1. The molecule has 0 bridgehead atoms. The Morgan fingerprint density at radius 3 is 1.95 bits per heavy atom. The number of carboxylic acid groups (broad SMARTS) is 1. The molecule has 3 rings (SSSR count). The van der Waals surface area contributed by atoms with Crippen molar-refractivity contribution < 1.29 is 9.90 Å². The van der Waals surface area contributed by atoms with Crippen LogP contribution in [0, 0.1) is 5.92 Å². The molecule has 0 saturated heterocycles. The van der Waals surface area contributed by atoms with Gasteiger partial charge in [0.25, 0.3) is 0 Å². The first kappa shape index (κ1) is 13.2. The Kier molecular flexibility index (Phi) is 3.49. The van der Waals surface area contributed by atoms with Gasteiger partial charge in [-0.3, -0.25) is 4.79 Å². The number of carbonyl (C=O) groups is 1. The Labute approximate surface area is 123 Å². The van der Waals surface area contributed by atoms with E-state index in [1.165, 1.54) is 0 Å². The van der Waals surface area contributed by atoms with Gasteiger partial charge in [0.15, 0.2) is 0 Å². The summed E-state index contributed by atoms with van der Waals surface area (Å²) in [6.45, 7) is 0. The standard InChI is InChI=1S/C17H15ClO2/c18-14-7-5-12(6-8-14)11-1-3-13(4-2-11)15-9-10-16(15)17(19)20/h1-8,15-16H,9-10H2,(H,19,20). The van der Waals surface area contributed by atoms with E-state index in [0.717, 1.165) is 34.6 Å². The zero-order valence-electron chi connectivity index (χ0n) is 10.9. The number of halogens is 1. The molecule has 20 heavy (non-hydrogen) atoms. The van der Waals surface area contributed by atoms with E-state index in [1.807, 2.05) is 36.4 Å². The van der Waals surface area contributed by atoms with Crippen LogP contribution in [0.1, 0.15) is 24.3 Å². The number of hydrogen-bond donors (Lipinski definition) is 1. The maximum Gasteiger partial charge on any atom is 0.307 e. The van der Waals surface area contributed by atoms with E-state index in [0.29, 0.717) is 0 Å². The topological polar surface area (TPSA) is 37.3 Å². The summed E-state index contributed by atoms with van der Waals surface area (Å²) in [6, 6.07) is 15.9. The number of carboxylic acids is 1. The Balaban J connectivity index is 1.81. The normalized spacial score (nSPS) is 21.2. The molecule has 2 atom stereocenters. The molecule has 1 N–H and O–H groups in total. The Morgan fingerprint density at radius 1 is 0.950 bits per heavy atom. The molecule has 0 aromatic heterocycles. The second-order valence-electron chi connectivity index (χ2n) is 5.26. The van der Waals surface area contributed by atoms with Crippen LogP contribution >= 0.6 is 11.6 Å². The van der Waals surface area contributed by atoms with Crippen molar-refractivity contribution in [3.05, 3.63) is 59.1 Å². The maximum absolute atomic E-state index is 11.1. The van der Waals surface area contributed by atoms with Gasteiger partial charge in [-0.25, -0.2) is 0 Å². The van der Waals surface area contributed by atoms with E-state index in [2.05, 4.69) is 12.1 Å². The molecule has 2 aromatic carbocycles. The third kappa shape index (κ3) is 2.44. The Hall–Kier alpha value is -1.80. The van der Waals surface area contributed by atoms with Crippen LogP contribution in [0.5, 0.6) is 0 Å². The van der Waals surface area contributed by atoms with E-state index in [4.69, 9.17) is 16.7 Å². The highest BCUT2D eigenvalue weighted by molar-refractivity contribution is 6.30. The van der Waals surface area contributed by atoms with Gasteiger partial charge in [0.2, 0.25) is 0 Å². The Bertz CT molecular complexity index is 616. The second-order valence-corrected chi connectivity index (χ2v) is 5.69. The van der Waals surface area contributed by atoms with Crippen molar-refractivity contribution in [2.24, 2.45) is 5.92 Å². The first-order chi connectivity index (χ1) is 9.65. The molecule has 0 spiro atoms. The molecule has 1 saturated carbocycles. The molecule has 0 aliphatic heterocycles. The van der Waals surface area contributed by atoms with Gasteiger partial charge in [0, 0.05) is 5.02 Å². The van der Waals surface area contributed by atoms with Crippen LogP contribution in [-0.4, -0.2) is 11.1 Å². The molecule has 3 heteroatoms. The third-order valence-corrected chi connectivity index (χ3v) is 4.36. The summed E-state index contributed by atoms with van der Waals surface area (Å²) < 4.78 is 0. The average Bonchev–Trinajstić information content (AvgIpc) is 2.39. The largest absolute Gasteiger partial charge is 0.481 e. The van der Waals surface area contributed by atoms with Gasteiger partial charge in [-0.2, -0.15) is 0 Å². The van der Waals surface area contributed by atoms with Gasteiger partial charge in [-0.05, 0) is 47.6 Å². The lowest BCUT2D eigenvalue weighted by Gasteiger charge is -2.33. The van der Waals surface area contributed by atoms with Crippen molar-refractivity contribution in [1.29, 1.82) is 0 Å². The molecular formula is C17H15ClO2. The fourth-order valence-electron chi connectivity index (χ4n) is 2.76. The zero-order valence-corrected chi connectivity index (χ0v) is 11.7. The fourth-order valence-corrected chi connectivity index (χ4v) is 2.89. The van der Waals surface area contributed by atoms with E-state index in [9.17, 15) is 4.79 Å². The minimum absolute atomic E-state index is 0.173. The second kappa shape index (κ2) is 5.29. The lowest BCUT2D eigenvalue weighted by molar-refractivity contribution is -0.145. The molecule has 102 valence electrons. The highest BCUT2D eigenvalue weighted by Gasteiger charge is 2.37. The minimum Gasteiger partial charge on any atom is -0.481 e. The number of rotatable bonds is 3. The molecule has 0 heterocycles. The van der Waals surface area contributed by atoms with E-state index >= 15 is 0 Å². The van der Waals surface area contributed by atoms with Gasteiger partial charge in [-0.15, -0.1) is 0 Å². The molecule has 2 unspecified atom stereocenters. The lowest BCUT2D eigenvalue weighted by atomic mass is 9.70. The predicted octanol–water partition coefficient (Wildman–Crippen LogP) is 4.59. The summed E-state index contributed by atoms with van der Waals surface area (Å²) in [6.07, 6.45) is 1.76. The monoisotopic (exact) mass is 286 g/mol. The summed E-state index contributed by atoms with van der Waals surface area (Å²) in [5, 5.41) is 9.84. The van der Waals surface area contributed by atoms with Gasteiger partial charge in [-0.1, -0.05) is 48.0 Å². The van der Waals surface area contributed by atoms with Crippen LogP contribution in [0.3, 0.4) is 0 Å². The van der Waals surface area contributed by atoms with E-state index < -0.39 is 5.97 Å². The molecule has 1 aliphatic rings. The maximum atomic E-state index is 11.1. The molecule has 2 aromatic rings. The summed E-state index contributed by atoms with van der Waals surface area (Å²) in [5.74, 6) is -0.717. The van der Waals surface area contributed by atoms with Crippen molar-refractivity contribution in [1.82, 2.24) is 0 Å². The van der Waals surface area contributed by atoms with Gasteiger partial charge >= 0.3 is 5.97 Å². The van der Waals surface area contributed by atoms with E-state index in [1.54, 1.807) is 0 Å². The quantitative estimate of drug-likeness (QED) is 0.896. The van der Waals surface area contributed by atoms with Crippen LogP contribution < -0.4 is 0 Å². The van der Waals surface area contributed by atoms with Crippen LogP contribution in [0.15, 0.2) is 48.5 Å². The van der Waals surface area contributed by atoms with Crippen LogP contribution in [0.25, 0.3) is 11.1 Å². The van der Waals surface area contributed by atoms with Crippen LogP contribution in [-0.2, 0) is 4.79 Å². The fraction of sp³-hybridized carbons (Fsp3) is 0.235. The van der Waals surface area contributed by atoms with Crippen LogP contribution in [0.4, 0.5) is 0 Å². The lowest BCUT2D eigenvalue weighted by Crippen LogP contribution is -2.30. The summed E-state index contributed by atoms with van der Waals surface area (Å²) in [4.78, 5) is 11.1. The Morgan fingerprint density at radius 2 is 1.50 bits per heavy atom. The van der Waals surface area contributed by atoms with E-state index in [-0.39, 0.29) is 11.8 Å². The summed E-state index contributed by atoms with van der Waals surface area (Å²) >= 11 is 5.88. The smallest absolute Gasteiger partial charge is 0.307 e. The minimum atomic E-state index is -0.678. The third-order valence-electron chi connectivity index (χ3n) is 4.11. The number of benzene rings is 2. The molecule has 0 amide bonds. The number of aliphatic carboxylic acids is 1. The predicted molar refractivity (Wildman–Crippen MR) is 80.0 cm³/mol. The van der Waals surface area contributed by atoms with Crippen molar-refractivity contribution in [2.45, 2.75) is 18.8 Å². The van der Waals surface area contributed by atoms with Crippen molar-refractivity contribution in [3.8, 4) is 11.1 Å². The molecule has 2 nitrogen and oxygen atoms in total. The zero-order chi connectivity index (χ0) is 14.1. The highest BCUT2D eigenvalue weighted by atomic mass is 35.5. The first-order valence-corrected chi connectivity index (χ1v) is 7.11. The van der Waals surface area contributed by atoms with Gasteiger partial charge in [0.05, 0.1) is 5.92 Å². The summed E-state index contributed by atoms with van der Waals surface area (Å²) in [7, 11) is 0. The van der Waals surface area contributed by atoms with Crippen LogP contribution in [0.2, 0.25) is 5.02 Å². The van der Waals surface area contributed by atoms with Gasteiger partial charge < -0.3 is 5.11 Å². The highest BCUT2D eigenvalue weighted by Crippen LogP contribution is 2.42. The first-order valence-electron chi connectivity index (χ1n) is 6.74. The van der Waals surface area contributed by atoms with Gasteiger partial charge in [0.1, 0.15) is 0 Å². The summed E-state index contributed by atoms with van der Waals surface area (Å²) in [5.41, 5.74) is 3.36. The molecular weight excluding hydrogens is 272 g/mol. The molecule has 1 aliphatic carbocycles. The van der Waals surface area contributed by atoms with Crippen molar-refractivity contribution >= 4 is 17.6 Å². The van der Waals surface area contributed by atoms with Crippen molar-refractivity contribution in [2.75, 3.05) is 0 Å². The molecule has 0 radical (unpaired) electrons. The van der Waals surface area contributed by atoms with Crippen molar-refractivity contribution in [3.63, 3.8) is 0 Å². The number of hydrogen-bond acceptors (Lipinski definition) is 1. The molecule has 1 fully saturated rings. The average molecular weight is 287 g/mol.